The van der Waals surface area contributed by atoms with Crippen molar-refractivity contribution in [3.8, 4) is 33.4 Å². The van der Waals surface area contributed by atoms with E-state index in [1.54, 1.807) is 18.2 Å². The van der Waals surface area contributed by atoms with Gasteiger partial charge in [0.1, 0.15) is 0 Å². The van der Waals surface area contributed by atoms with Gasteiger partial charge in [0, 0.05) is 52.6 Å². The Morgan fingerprint density at radius 3 is 0.833 bits per heavy atom. The highest BCUT2D eigenvalue weighted by molar-refractivity contribution is 6.05. The SMILES string of the molecule is C=CCC1(CC=C)c2cc([N+](=O)[O-])ccc2-c2c1c1c(c3c2C(CC=C)(CC=C)c2cc([N+](=O)[O-])ccc2-3)C(CC=C)(CC=C)c2cc([N+](=O)[O-])ccc2-1. The lowest BCUT2D eigenvalue weighted by Gasteiger charge is -2.37. The van der Waals surface area contributed by atoms with Crippen molar-refractivity contribution >= 4 is 17.1 Å². The Morgan fingerprint density at radius 2 is 0.648 bits per heavy atom. The maximum Gasteiger partial charge on any atom is 0.269 e. The van der Waals surface area contributed by atoms with Crippen LogP contribution in [0.1, 0.15) is 71.9 Å². The van der Waals surface area contributed by atoms with Gasteiger partial charge in [-0.25, -0.2) is 0 Å². The fraction of sp³-hybridized carbons (Fsp3) is 0.200. The summed E-state index contributed by atoms with van der Waals surface area (Å²) in [5, 5.41) is 37.1. The molecule has 0 aromatic heterocycles. The van der Waals surface area contributed by atoms with Gasteiger partial charge in [-0.05, 0) is 123 Å². The predicted octanol–water partition coefficient (Wildman–Crippen LogP) is 11.7. The standard InChI is InChI=1S/C45H39N3O6/c1-7-19-43(20-8-2)34-25-28(46(49)50)13-16-31(34)37-40(43)38-32-17-14-29(47(51)52)26-35(32)44(21-9-3,22-10-4)42(38)39-33-18-15-30(48(53)54)27-36(33)45(23-11-5,24-12-6)41(37)39/h7-18,25-27H,1-6,19-24H2. The molecule has 0 aliphatic heterocycles. The van der Waals surface area contributed by atoms with Crippen molar-refractivity contribution < 1.29 is 14.8 Å². The maximum atomic E-state index is 12.4. The molecule has 0 bridgehead atoms. The lowest BCUT2D eigenvalue weighted by Crippen LogP contribution is -2.29. The van der Waals surface area contributed by atoms with E-state index in [1.807, 2.05) is 54.7 Å². The van der Waals surface area contributed by atoms with Crippen LogP contribution in [-0.4, -0.2) is 14.8 Å². The fourth-order valence-electron chi connectivity index (χ4n) is 10.2. The van der Waals surface area contributed by atoms with E-state index in [2.05, 4.69) is 39.5 Å². The number of allylic oxidation sites excluding steroid dienone is 6. The Kier molecular flexibility index (Phi) is 8.56. The molecule has 3 aliphatic carbocycles. The highest BCUT2D eigenvalue weighted by atomic mass is 16.6. The van der Waals surface area contributed by atoms with E-state index < -0.39 is 31.0 Å². The average molecular weight is 718 g/mol. The minimum atomic E-state index is -0.883. The molecule has 9 nitrogen and oxygen atoms in total. The van der Waals surface area contributed by atoms with Gasteiger partial charge < -0.3 is 0 Å². The Hall–Kier alpha value is -6.48. The van der Waals surface area contributed by atoms with Crippen molar-refractivity contribution in [3.05, 3.63) is 194 Å². The van der Waals surface area contributed by atoms with Gasteiger partial charge in [0.2, 0.25) is 0 Å². The van der Waals surface area contributed by atoms with E-state index in [4.69, 9.17) is 0 Å². The first-order chi connectivity index (χ1) is 26.0. The molecule has 0 radical (unpaired) electrons. The molecular formula is C45H39N3O6. The molecule has 0 amide bonds. The van der Waals surface area contributed by atoms with Gasteiger partial charge in [0.15, 0.2) is 0 Å². The number of fused-ring (bicyclic) bond motifs is 12. The third-order valence-electron chi connectivity index (χ3n) is 11.9. The summed E-state index contributed by atoms with van der Waals surface area (Å²) in [7, 11) is 0. The number of non-ortho nitro benzene ring substituents is 3. The van der Waals surface area contributed by atoms with Gasteiger partial charge in [0.05, 0.1) is 14.8 Å². The van der Waals surface area contributed by atoms with Crippen LogP contribution in [0.5, 0.6) is 0 Å². The number of hydrogen-bond acceptors (Lipinski definition) is 6. The molecule has 4 aromatic rings. The molecule has 54 heavy (non-hydrogen) atoms. The summed E-state index contributed by atoms with van der Waals surface area (Å²) in [5.41, 5.74) is 7.31. The summed E-state index contributed by atoms with van der Waals surface area (Å²) >= 11 is 0. The monoisotopic (exact) mass is 717 g/mol. The third kappa shape index (κ3) is 4.57. The molecule has 0 heterocycles. The topological polar surface area (TPSA) is 129 Å². The molecule has 0 fully saturated rings. The van der Waals surface area contributed by atoms with Crippen LogP contribution in [-0.2, 0) is 16.2 Å². The molecule has 0 spiro atoms. The molecule has 0 saturated carbocycles. The zero-order valence-electron chi connectivity index (χ0n) is 29.9. The van der Waals surface area contributed by atoms with Crippen LogP contribution in [0, 0.1) is 30.3 Å². The molecule has 9 heteroatoms. The van der Waals surface area contributed by atoms with Crippen molar-refractivity contribution in [3.63, 3.8) is 0 Å². The molecule has 4 aromatic carbocycles. The van der Waals surface area contributed by atoms with Crippen molar-refractivity contribution in [2.45, 2.75) is 54.8 Å². The number of nitrogens with zero attached hydrogens (tertiary/aromatic N) is 3. The molecule has 3 aliphatic rings. The van der Waals surface area contributed by atoms with Crippen LogP contribution in [0.2, 0.25) is 0 Å². The van der Waals surface area contributed by atoms with E-state index in [-0.39, 0.29) is 17.1 Å². The van der Waals surface area contributed by atoms with E-state index in [0.717, 1.165) is 66.8 Å². The van der Waals surface area contributed by atoms with Crippen LogP contribution >= 0.6 is 0 Å². The minimum absolute atomic E-state index is 0.0570. The van der Waals surface area contributed by atoms with Crippen LogP contribution < -0.4 is 0 Å². The van der Waals surface area contributed by atoms with E-state index >= 15 is 0 Å². The quantitative estimate of drug-likeness (QED) is 0.0683. The summed E-state index contributed by atoms with van der Waals surface area (Å²) in [6.07, 6.45) is 13.4. The van der Waals surface area contributed by atoms with Gasteiger partial charge in [-0.1, -0.05) is 36.5 Å². The second-order valence-corrected chi connectivity index (χ2v) is 14.4. The van der Waals surface area contributed by atoms with Crippen LogP contribution in [0.3, 0.4) is 0 Å². The van der Waals surface area contributed by atoms with Gasteiger partial charge >= 0.3 is 0 Å². The normalized spacial score (nSPS) is 15.3. The van der Waals surface area contributed by atoms with Gasteiger partial charge in [-0.2, -0.15) is 0 Å². The molecule has 270 valence electrons. The Balaban J connectivity index is 1.84. The summed E-state index contributed by atoms with van der Waals surface area (Å²) in [6, 6.07) is 15.0. The largest absolute Gasteiger partial charge is 0.269 e. The lowest BCUT2D eigenvalue weighted by atomic mass is 9.64. The smallest absolute Gasteiger partial charge is 0.258 e. The number of nitro groups is 3. The first kappa shape index (κ1) is 35.9. The molecule has 0 unspecified atom stereocenters. The Bertz CT molecular complexity index is 2100. The number of nitro benzene ring substituents is 3. The number of rotatable bonds is 15. The van der Waals surface area contributed by atoms with Gasteiger partial charge in [0.25, 0.3) is 17.1 Å². The molecule has 0 atom stereocenters. The molecular weight excluding hydrogens is 679 g/mol. The van der Waals surface area contributed by atoms with E-state index in [0.29, 0.717) is 38.5 Å². The Labute approximate surface area is 313 Å². The van der Waals surface area contributed by atoms with E-state index in [9.17, 15) is 30.3 Å². The third-order valence-corrected chi connectivity index (χ3v) is 11.9. The van der Waals surface area contributed by atoms with E-state index in [1.165, 1.54) is 18.2 Å². The average Bonchev–Trinajstić information content (AvgIpc) is 3.68. The number of benzene rings is 4. The van der Waals surface area contributed by atoms with Crippen molar-refractivity contribution in [1.29, 1.82) is 0 Å². The zero-order valence-corrected chi connectivity index (χ0v) is 29.9. The molecule has 7 rings (SSSR count). The summed E-state index contributed by atoms with van der Waals surface area (Å²) in [5.74, 6) is 0. The first-order valence-electron chi connectivity index (χ1n) is 17.8. The van der Waals surface area contributed by atoms with Crippen LogP contribution in [0.25, 0.3) is 33.4 Å². The first-order valence-corrected chi connectivity index (χ1v) is 17.8. The minimum Gasteiger partial charge on any atom is -0.258 e. The highest BCUT2D eigenvalue weighted by Crippen LogP contribution is 2.71. The fourth-order valence-corrected chi connectivity index (χ4v) is 10.2. The van der Waals surface area contributed by atoms with Gasteiger partial charge in [-0.15, -0.1) is 39.5 Å². The van der Waals surface area contributed by atoms with Gasteiger partial charge in [-0.3, -0.25) is 30.3 Å². The summed E-state index contributed by atoms with van der Waals surface area (Å²) in [6.45, 7) is 25.0. The Morgan fingerprint density at radius 1 is 0.426 bits per heavy atom. The molecule has 0 saturated heterocycles. The van der Waals surface area contributed by atoms with Crippen LogP contribution in [0.4, 0.5) is 17.1 Å². The summed E-state index contributed by atoms with van der Waals surface area (Å²) < 4.78 is 0. The highest BCUT2D eigenvalue weighted by Gasteiger charge is 2.57. The van der Waals surface area contributed by atoms with Crippen molar-refractivity contribution in [2.75, 3.05) is 0 Å². The zero-order chi connectivity index (χ0) is 38.7. The summed E-state index contributed by atoms with van der Waals surface area (Å²) in [4.78, 5) is 35.9. The predicted molar refractivity (Wildman–Crippen MR) is 214 cm³/mol. The van der Waals surface area contributed by atoms with Crippen molar-refractivity contribution in [2.24, 2.45) is 0 Å². The second-order valence-electron chi connectivity index (χ2n) is 14.4. The number of hydrogen-bond donors (Lipinski definition) is 0. The second kappa shape index (κ2) is 12.9. The molecule has 0 N–H and O–H groups in total. The maximum absolute atomic E-state index is 12.4. The van der Waals surface area contributed by atoms with Crippen LogP contribution in [0.15, 0.2) is 131 Å². The lowest BCUT2D eigenvalue weighted by molar-refractivity contribution is -0.385. The van der Waals surface area contributed by atoms with Crippen molar-refractivity contribution in [1.82, 2.24) is 0 Å².